The molecule has 0 aromatic carbocycles. The van der Waals surface area contributed by atoms with Gasteiger partial charge in [0, 0.05) is 0 Å². The normalized spacial score (nSPS) is 12.6. The van der Waals surface area contributed by atoms with E-state index in [1.807, 2.05) is 6.08 Å². The third-order valence-corrected chi connectivity index (χ3v) is 1.36. The molecule has 52 valence electrons. The average molecular weight is 147 g/mol. The van der Waals surface area contributed by atoms with Gasteiger partial charge in [0.25, 0.3) is 0 Å². The lowest BCUT2D eigenvalue weighted by molar-refractivity contribution is -0.107. The Morgan fingerprint density at radius 2 is 2.33 bits per heavy atom. The van der Waals surface area contributed by atoms with Gasteiger partial charge in [-0.2, -0.15) is 0 Å². The zero-order valence-corrected chi connectivity index (χ0v) is 6.10. The highest BCUT2D eigenvalue weighted by Crippen LogP contribution is 2.04. The first-order valence-electron chi connectivity index (χ1n) is 3.01. The molecule has 1 unspecified atom stereocenters. The van der Waals surface area contributed by atoms with E-state index < -0.39 is 0 Å². The molecule has 0 fully saturated rings. The predicted molar refractivity (Wildman–Crippen MR) is 39.8 cm³/mol. The smallest absolute Gasteiger partial charge is 0.137 e. The lowest BCUT2D eigenvalue weighted by atomic mass is 10.2. The maximum Gasteiger partial charge on any atom is 0.137 e. The Hall–Kier alpha value is -0.300. The summed E-state index contributed by atoms with van der Waals surface area (Å²) in [6, 6.07) is 0. The summed E-state index contributed by atoms with van der Waals surface area (Å²) in [5.41, 5.74) is 0. The van der Waals surface area contributed by atoms with Gasteiger partial charge in [0.2, 0.25) is 0 Å². The highest BCUT2D eigenvalue weighted by atomic mass is 35.5. The van der Waals surface area contributed by atoms with E-state index in [0.717, 1.165) is 25.5 Å². The van der Waals surface area contributed by atoms with Crippen molar-refractivity contribution < 1.29 is 4.79 Å². The maximum absolute atomic E-state index is 9.94. The second-order valence-corrected chi connectivity index (χ2v) is 2.43. The van der Waals surface area contributed by atoms with E-state index in [4.69, 9.17) is 11.6 Å². The number of hydrogen-bond acceptors (Lipinski definition) is 1. The number of allylic oxidation sites excluding steroid dienone is 1. The van der Waals surface area contributed by atoms with Gasteiger partial charge in [0.05, 0.1) is 5.38 Å². The molecule has 0 amide bonds. The molecule has 0 aromatic heterocycles. The number of halogens is 1. The van der Waals surface area contributed by atoms with Crippen molar-refractivity contribution in [1.82, 2.24) is 0 Å². The third kappa shape index (κ3) is 5.57. The Morgan fingerprint density at radius 3 is 2.78 bits per heavy atom. The second kappa shape index (κ2) is 5.83. The number of alkyl halides is 1. The van der Waals surface area contributed by atoms with Crippen LogP contribution in [0.3, 0.4) is 0 Å². The first-order valence-corrected chi connectivity index (χ1v) is 3.45. The fourth-order valence-electron chi connectivity index (χ4n) is 0.525. The summed E-state index contributed by atoms with van der Waals surface area (Å²) in [6.07, 6.45) is 5.25. The minimum absolute atomic E-state index is 0.301. The average Bonchev–Trinajstić information content (AvgIpc) is 1.89. The van der Waals surface area contributed by atoms with Gasteiger partial charge in [-0.25, -0.2) is 0 Å². The summed E-state index contributed by atoms with van der Waals surface area (Å²) in [5.74, 6) is 0. The zero-order valence-electron chi connectivity index (χ0n) is 5.35. The molecule has 0 bridgehead atoms. The number of carbonyl (C=O) groups excluding carboxylic acids is 1. The molecule has 0 heterocycles. The minimum atomic E-state index is -0.301. The van der Waals surface area contributed by atoms with Crippen LogP contribution in [0.15, 0.2) is 12.7 Å². The van der Waals surface area contributed by atoms with E-state index in [-0.39, 0.29) is 5.38 Å². The van der Waals surface area contributed by atoms with Gasteiger partial charge in [0.15, 0.2) is 0 Å². The number of hydrogen-bond donors (Lipinski definition) is 0. The molecule has 0 rings (SSSR count). The first-order chi connectivity index (χ1) is 4.31. The monoisotopic (exact) mass is 146 g/mol. The molecule has 0 aliphatic carbocycles. The van der Waals surface area contributed by atoms with Crippen LogP contribution in [-0.4, -0.2) is 11.7 Å². The van der Waals surface area contributed by atoms with E-state index in [1.165, 1.54) is 0 Å². The molecule has 0 saturated heterocycles. The van der Waals surface area contributed by atoms with Crippen LogP contribution in [0, 0.1) is 0 Å². The topological polar surface area (TPSA) is 17.1 Å². The van der Waals surface area contributed by atoms with Crippen molar-refractivity contribution in [2.75, 3.05) is 0 Å². The van der Waals surface area contributed by atoms with Gasteiger partial charge >= 0.3 is 0 Å². The largest absolute Gasteiger partial charge is 0.302 e. The molecule has 0 aliphatic rings. The lowest BCUT2D eigenvalue weighted by Gasteiger charge is -1.96. The molecule has 9 heavy (non-hydrogen) atoms. The quantitative estimate of drug-likeness (QED) is 0.251. The predicted octanol–water partition coefficient (Wildman–Crippen LogP) is 2.15. The molecular formula is C7H11ClO. The molecule has 0 saturated carbocycles. The van der Waals surface area contributed by atoms with Crippen LogP contribution in [0.5, 0.6) is 0 Å². The van der Waals surface area contributed by atoms with Crippen molar-refractivity contribution in [2.45, 2.75) is 24.6 Å². The lowest BCUT2D eigenvalue weighted by Crippen LogP contribution is -1.97. The van der Waals surface area contributed by atoms with E-state index in [9.17, 15) is 4.79 Å². The standard InChI is InChI=1S/C7H11ClO/c1-2-3-4-5-7(8)6-9/h2,6-7H,1,3-5H2. The summed E-state index contributed by atoms with van der Waals surface area (Å²) in [4.78, 5) is 9.94. The van der Waals surface area contributed by atoms with Gasteiger partial charge in [-0.3, -0.25) is 0 Å². The minimum Gasteiger partial charge on any atom is -0.302 e. The Balaban J connectivity index is 3.05. The molecule has 0 N–H and O–H groups in total. The molecule has 0 aromatic rings. The van der Waals surface area contributed by atoms with Crippen LogP contribution >= 0.6 is 11.6 Å². The molecule has 0 radical (unpaired) electrons. The van der Waals surface area contributed by atoms with E-state index in [0.29, 0.717) is 0 Å². The summed E-state index contributed by atoms with van der Waals surface area (Å²) in [7, 11) is 0. The van der Waals surface area contributed by atoms with E-state index in [2.05, 4.69) is 6.58 Å². The van der Waals surface area contributed by atoms with E-state index >= 15 is 0 Å². The molecule has 1 nitrogen and oxygen atoms in total. The Kier molecular flexibility index (Phi) is 5.64. The summed E-state index contributed by atoms with van der Waals surface area (Å²) in [6.45, 7) is 3.55. The number of rotatable bonds is 5. The highest BCUT2D eigenvalue weighted by molar-refractivity contribution is 6.27. The number of carbonyl (C=O) groups is 1. The van der Waals surface area contributed by atoms with Gasteiger partial charge < -0.3 is 4.79 Å². The van der Waals surface area contributed by atoms with E-state index in [1.54, 1.807) is 0 Å². The Labute approximate surface area is 60.7 Å². The van der Waals surface area contributed by atoms with Crippen molar-refractivity contribution in [3.05, 3.63) is 12.7 Å². The van der Waals surface area contributed by atoms with Crippen molar-refractivity contribution in [1.29, 1.82) is 0 Å². The van der Waals surface area contributed by atoms with Crippen LogP contribution in [0.25, 0.3) is 0 Å². The summed E-state index contributed by atoms with van der Waals surface area (Å²) in [5, 5.41) is -0.301. The van der Waals surface area contributed by atoms with Crippen LogP contribution < -0.4 is 0 Å². The zero-order chi connectivity index (χ0) is 7.11. The molecular weight excluding hydrogens is 136 g/mol. The highest BCUT2D eigenvalue weighted by Gasteiger charge is 1.98. The first kappa shape index (κ1) is 8.70. The van der Waals surface area contributed by atoms with Crippen molar-refractivity contribution in [3.63, 3.8) is 0 Å². The van der Waals surface area contributed by atoms with Gasteiger partial charge in [-0.05, 0) is 19.3 Å². The molecule has 0 aliphatic heterocycles. The van der Waals surface area contributed by atoms with Crippen molar-refractivity contribution in [3.8, 4) is 0 Å². The fourth-order valence-corrected chi connectivity index (χ4v) is 0.680. The van der Waals surface area contributed by atoms with Crippen molar-refractivity contribution >= 4 is 17.9 Å². The van der Waals surface area contributed by atoms with Crippen LogP contribution in [0.2, 0.25) is 0 Å². The van der Waals surface area contributed by atoms with Crippen molar-refractivity contribution in [2.24, 2.45) is 0 Å². The van der Waals surface area contributed by atoms with Gasteiger partial charge in [-0.1, -0.05) is 6.08 Å². The summed E-state index contributed by atoms with van der Waals surface area (Å²) >= 11 is 5.50. The maximum atomic E-state index is 9.94. The van der Waals surface area contributed by atoms with Crippen LogP contribution in [-0.2, 0) is 4.79 Å². The van der Waals surface area contributed by atoms with Gasteiger partial charge in [0.1, 0.15) is 6.29 Å². The third-order valence-electron chi connectivity index (χ3n) is 1.04. The SMILES string of the molecule is C=CCCCC(Cl)C=O. The Morgan fingerprint density at radius 1 is 1.67 bits per heavy atom. The number of aldehydes is 1. The molecule has 1 atom stereocenters. The second-order valence-electron chi connectivity index (χ2n) is 1.87. The Bertz CT molecular complexity index is 90.9. The fraction of sp³-hybridized carbons (Fsp3) is 0.571. The molecule has 0 spiro atoms. The van der Waals surface area contributed by atoms with Crippen LogP contribution in [0.4, 0.5) is 0 Å². The summed E-state index contributed by atoms with van der Waals surface area (Å²) < 4.78 is 0. The van der Waals surface area contributed by atoms with Crippen LogP contribution in [0.1, 0.15) is 19.3 Å². The number of unbranched alkanes of at least 4 members (excludes halogenated alkanes) is 1. The van der Waals surface area contributed by atoms with Gasteiger partial charge in [-0.15, -0.1) is 18.2 Å². The molecule has 2 heteroatoms.